The summed E-state index contributed by atoms with van der Waals surface area (Å²) in [5.41, 5.74) is 8.41. The smallest absolute Gasteiger partial charge is 0.0654 e. The molecule has 2 N–H and O–H groups in total. The number of benzene rings is 1. The molecule has 1 aromatic carbocycles. The van der Waals surface area contributed by atoms with Gasteiger partial charge in [-0.05, 0) is 57.1 Å². The van der Waals surface area contributed by atoms with Gasteiger partial charge in [0.2, 0.25) is 0 Å². The zero-order valence-electron chi connectivity index (χ0n) is 10.9. The van der Waals surface area contributed by atoms with Crippen LogP contribution in [0, 0.1) is 0 Å². The minimum Gasteiger partial charge on any atom is -0.398 e. The van der Waals surface area contributed by atoms with Crippen LogP contribution in [0.1, 0.15) is 51.0 Å². The van der Waals surface area contributed by atoms with Gasteiger partial charge in [-0.3, -0.25) is 0 Å². The fourth-order valence-corrected chi connectivity index (χ4v) is 2.91. The largest absolute Gasteiger partial charge is 0.398 e. The lowest BCUT2D eigenvalue weighted by atomic mass is 9.76. The third-order valence-corrected chi connectivity index (χ3v) is 3.97. The molecular weight excluding hydrogens is 210 g/mol. The lowest BCUT2D eigenvalue weighted by Crippen LogP contribution is -2.33. The second-order valence-electron chi connectivity index (χ2n) is 5.29. The summed E-state index contributed by atoms with van der Waals surface area (Å²) in [5, 5.41) is 0. The number of rotatable bonds is 3. The van der Waals surface area contributed by atoms with Crippen LogP contribution in [-0.4, -0.2) is 12.2 Å². The van der Waals surface area contributed by atoms with Crippen molar-refractivity contribution in [2.45, 2.75) is 51.0 Å². The van der Waals surface area contributed by atoms with E-state index in [9.17, 15) is 0 Å². The molecule has 2 rings (SSSR count). The molecule has 1 aromatic rings. The summed E-state index contributed by atoms with van der Waals surface area (Å²) in [4.78, 5) is 0. The van der Waals surface area contributed by atoms with Crippen molar-refractivity contribution in [3.8, 4) is 0 Å². The highest BCUT2D eigenvalue weighted by Gasteiger charge is 2.32. The molecular formula is C15H23NO. The summed E-state index contributed by atoms with van der Waals surface area (Å²) in [6.07, 6.45) is 4.65. The maximum Gasteiger partial charge on any atom is 0.0654 e. The van der Waals surface area contributed by atoms with E-state index in [1.54, 1.807) is 0 Å². The van der Waals surface area contributed by atoms with E-state index in [4.69, 9.17) is 10.5 Å². The van der Waals surface area contributed by atoms with Crippen molar-refractivity contribution in [2.24, 2.45) is 0 Å². The molecule has 0 aliphatic heterocycles. The summed E-state index contributed by atoms with van der Waals surface area (Å²) in [6, 6.07) is 8.27. The normalized spacial score (nSPS) is 29.2. The van der Waals surface area contributed by atoms with Gasteiger partial charge in [0.25, 0.3) is 0 Å². The van der Waals surface area contributed by atoms with Gasteiger partial charge >= 0.3 is 0 Å². The van der Waals surface area contributed by atoms with E-state index in [2.05, 4.69) is 26.0 Å². The van der Waals surface area contributed by atoms with Crippen LogP contribution in [0.25, 0.3) is 0 Å². The summed E-state index contributed by atoms with van der Waals surface area (Å²) in [5.74, 6) is 0.615. The maximum atomic E-state index is 6.05. The first-order chi connectivity index (χ1) is 8.14. The van der Waals surface area contributed by atoms with Gasteiger partial charge in [-0.15, -0.1) is 0 Å². The van der Waals surface area contributed by atoms with Crippen LogP contribution in [0.3, 0.4) is 0 Å². The Labute approximate surface area is 104 Å². The van der Waals surface area contributed by atoms with Crippen molar-refractivity contribution in [2.75, 3.05) is 12.3 Å². The van der Waals surface area contributed by atoms with Crippen LogP contribution in [0.2, 0.25) is 0 Å². The predicted octanol–water partition coefficient (Wildman–Crippen LogP) is 3.72. The van der Waals surface area contributed by atoms with Gasteiger partial charge in [0, 0.05) is 12.3 Å². The third-order valence-electron chi connectivity index (χ3n) is 3.97. The number of ether oxygens (including phenoxy) is 1. The van der Waals surface area contributed by atoms with Crippen LogP contribution in [-0.2, 0) is 4.74 Å². The van der Waals surface area contributed by atoms with E-state index in [0.29, 0.717) is 5.92 Å². The Morgan fingerprint density at radius 2 is 1.94 bits per heavy atom. The van der Waals surface area contributed by atoms with Crippen LogP contribution < -0.4 is 5.73 Å². The quantitative estimate of drug-likeness (QED) is 0.807. The lowest BCUT2D eigenvalue weighted by Gasteiger charge is -2.37. The second kappa shape index (κ2) is 5.09. The number of para-hydroxylation sites is 1. The average Bonchev–Trinajstić information content (AvgIpc) is 2.31. The van der Waals surface area contributed by atoms with Gasteiger partial charge in [0.05, 0.1) is 5.60 Å². The van der Waals surface area contributed by atoms with Gasteiger partial charge in [-0.1, -0.05) is 18.2 Å². The van der Waals surface area contributed by atoms with Gasteiger partial charge < -0.3 is 10.5 Å². The number of anilines is 1. The van der Waals surface area contributed by atoms with Crippen molar-refractivity contribution in [1.29, 1.82) is 0 Å². The third kappa shape index (κ3) is 2.81. The van der Waals surface area contributed by atoms with E-state index in [-0.39, 0.29) is 5.60 Å². The number of hydrogen-bond donors (Lipinski definition) is 1. The molecule has 0 aromatic heterocycles. The monoisotopic (exact) mass is 233 g/mol. The first-order valence-electron chi connectivity index (χ1n) is 6.63. The highest BCUT2D eigenvalue weighted by atomic mass is 16.5. The first-order valence-corrected chi connectivity index (χ1v) is 6.63. The molecule has 1 saturated carbocycles. The standard InChI is InChI=1S/C15H23NO/c1-3-17-15(2)10-8-12(9-11-15)13-6-4-5-7-14(13)16/h4-7,12H,3,8-11,16H2,1-2H3. The predicted molar refractivity (Wildman–Crippen MR) is 72.1 cm³/mol. The molecule has 0 amide bonds. The lowest BCUT2D eigenvalue weighted by molar-refractivity contribution is -0.0532. The van der Waals surface area contributed by atoms with Crippen molar-refractivity contribution in [3.63, 3.8) is 0 Å². The molecule has 2 heteroatoms. The fraction of sp³-hybridized carbons (Fsp3) is 0.600. The molecule has 0 heterocycles. The van der Waals surface area contributed by atoms with E-state index >= 15 is 0 Å². The molecule has 94 valence electrons. The summed E-state index contributed by atoms with van der Waals surface area (Å²) in [6.45, 7) is 5.13. The first kappa shape index (κ1) is 12.4. The summed E-state index contributed by atoms with van der Waals surface area (Å²) in [7, 11) is 0. The van der Waals surface area contributed by atoms with E-state index in [1.165, 1.54) is 18.4 Å². The second-order valence-corrected chi connectivity index (χ2v) is 5.29. The van der Waals surface area contributed by atoms with Gasteiger partial charge in [0.15, 0.2) is 0 Å². The molecule has 17 heavy (non-hydrogen) atoms. The Morgan fingerprint density at radius 3 is 2.53 bits per heavy atom. The van der Waals surface area contributed by atoms with E-state index in [1.807, 2.05) is 12.1 Å². The van der Waals surface area contributed by atoms with Crippen LogP contribution in [0.4, 0.5) is 5.69 Å². The van der Waals surface area contributed by atoms with Crippen molar-refractivity contribution < 1.29 is 4.74 Å². The van der Waals surface area contributed by atoms with Gasteiger partial charge in [-0.2, -0.15) is 0 Å². The minimum absolute atomic E-state index is 0.0921. The van der Waals surface area contributed by atoms with E-state index < -0.39 is 0 Å². The van der Waals surface area contributed by atoms with Crippen LogP contribution >= 0.6 is 0 Å². The summed E-state index contributed by atoms with van der Waals surface area (Å²) < 4.78 is 5.85. The zero-order valence-corrected chi connectivity index (χ0v) is 10.9. The molecule has 1 aliphatic rings. The molecule has 0 unspecified atom stereocenters. The van der Waals surface area contributed by atoms with Crippen molar-refractivity contribution >= 4 is 5.69 Å². The number of hydrogen-bond acceptors (Lipinski definition) is 2. The van der Waals surface area contributed by atoms with Crippen LogP contribution in [0.5, 0.6) is 0 Å². The Kier molecular flexibility index (Phi) is 3.72. The number of nitrogens with two attached hydrogens (primary N) is 1. The zero-order chi connectivity index (χ0) is 12.3. The molecule has 1 fully saturated rings. The molecule has 0 spiro atoms. The fourth-order valence-electron chi connectivity index (χ4n) is 2.91. The Hall–Kier alpha value is -1.02. The molecule has 2 nitrogen and oxygen atoms in total. The Bertz CT molecular complexity index is 367. The molecule has 0 bridgehead atoms. The van der Waals surface area contributed by atoms with E-state index in [0.717, 1.165) is 25.1 Å². The minimum atomic E-state index is 0.0921. The van der Waals surface area contributed by atoms with Gasteiger partial charge in [-0.25, -0.2) is 0 Å². The highest BCUT2D eigenvalue weighted by molar-refractivity contribution is 5.48. The molecule has 0 radical (unpaired) electrons. The maximum absolute atomic E-state index is 6.05. The van der Waals surface area contributed by atoms with Crippen molar-refractivity contribution in [3.05, 3.63) is 29.8 Å². The Morgan fingerprint density at radius 1 is 1.29 bits per heavy atom. The average molecular weight is 233 g/mol. The van der Waals surface area contributed by atoms with Crippen LogP contribution in [0.15, 0.2) is 24.3 Å². The van der Waals surface area contributed by atoms with Crippen molar-refractivity contribution in [1.82, 2.24) is 0 Å². The SMILES string of the molecule is CCOC1(C)CCC(c2ccccc2N)CC1. The number of nitrogen functional groups attached to an aromatic ring is 1. The Balaban J connectivity index is 2.02. The van der Waals surface area contributed by atoms with Gasteiger partial charge in [0.1, 0.15) is 0 Å². The highest BCUT2D eigenvalue weighted by Crippen LogP contribution is 2.41. The molecule has 1 aliphatic carbocycles. The topological polar surface area (TPSA) is 35.2 Å². The molecule has 0 atom stereocenters. The summed E-state index contributed by atoms with van der Waals surface area (Å²) >= 11 is 0. The molecule has 0 saturated heterocycles.